The number of guanidine groups is 1. The zero-order valence-corrected chi connectivity index (χ0v) is 16.9. The Kier molecular flexibility index (Phi) is 8.29. The van der Waals surface area contributed by atoms with Gasteiger partial charge in [0.2, 0.25) is 0 Å². The fourth-order valence-electron chi connectivity index (χ4n) is 3.66. The number of pyridine rings is 1. The first-order chi connectivity index (χ1) is 13.8. The van der Waals surface area contributed by atoms with Gasteiger partial charge in [-0.3, -0.25) is 9.89 Å². The lowest BCUT2D eigenvalue weighted by Gasteiger charge is -2.26. The maximum absolute atomic E-state index is 14.0. The third-order valence-electron chi connectivity index (χ3n) is 5.17. The van der Waals surface area contributed by atoms with E-state index >= 15 is 0 Å². The van der Waals surface area contributed by atoms with Gasteiger partial charge in [0.1, 0.15) is 0 Å². The number of morpholine rings is 1. The van der Waals surface area contributed by atoms with Crippen molar-refractivity contribution in [2.75, 3.05) is 63.9 Å². The van der Waals surface area contributed by atoms with Gasteiger partial charge in [0.05, 0.1) is 13.2 Å². The molecule has 156 valence electrons. The molecule has 2 aliphatic rings. The molecule has 2 fully saturated rings. The zero-order chi connectivity index (χ0) is 19.6. The Labute approximate surface area is 167 Å². The van der Waals surface area contributed by atoms with Gasteiger partial charge < -0.3 is 20.3 Å². The van der Waals surface area contributed by atoms with Crippen molar-refractivity contribution in [2.45, 2.75) is 32.2 Å². The minimum atomic E-state index is -0.260. The third-order valence-corrected chi connectivity index (χ3v) is 5.17. The lowest BCUT2D eigenvalue weighted by Crippen LogP contribution is -2.44. The highest BCUT2D eigenvalue weighted by Gasteiger charge is 2.25. The van der Waals surface area contributed by atoms with E-state index < -0.39 is 0 Å². The molecule has 3 heterocycles. The van der Waals surface area contributed by atoms with Crippen LogP contribution in [-0.4, -0.2) is 80.9 Å². The van der Waals surface area contributed by atoms with Crippen molar-refractivity contribution < 1.29 is 9.13 Å². The van der Waals surface area contributed by atoms with E-state index in [0.29, 0.717) is 5.82 Å². The summed E-state index contributed by atoms with van der Waals surface area (Å²) in [5.74, 6) is 1.03. The number of anilines is 1. The molecule has 0 bridgehead atoms. The number of aliphatic imine (C=N–C) groups is 1. The second-order valence-corrected chi connectivity index (χ2v) is 7.31. The molecule has 0 radical (unpaired) electrons. The number of ether oxygens (including phenoxy) is 1. The summed E-state index contributed by atoms with van der Waals surface area (Å²) in [7, 11) is 0. The molecule has 1 aromatic heterocycles. The Morgan fingerprint density at radius 2 is 2.18 bits per heavy atom. The number of rotatable bonds is 8. The lowest BCUT2D eigenvalue weighted by atomic mass is 10.2. The Morgan fingerprint density at radius 1 is 1.32 bits per heavy atom. The van der Waals surface area contributed by atoms with E-state index in [4.69, 9.17) is 9.73 Å². The summed E-state index contributed by atoms with van der Waals surface area (Å²) in [5, 5.41) is 6.82. The van der Waals surface area contributed by atoms with Crippen LogP contribution in [0, 0.1) is 5.82 Å². The van der Waals surface area contributed by atoms with Gasteiger partial charge in [0, 0.05) is 51.5 Å². The summed E-state index contributed by atoms with van der Waals surface area (Å²) in [6, 6.07) is 3.33. The molecule has 0 spiro atoms. The van der Waals surface area contributed by atoms with Gasteiger partial charge >= 0.3 is 0 Å². The normalized spacial score (nSPS) is 21.1. The number of aromatic nitrogens is 1. The average Bonchev–Trinajstić information content (AvgIpc) is 3.17. The van der Waals surface area contributed by atoms with Crippen LogP contribution in [0.1, 0.15) is 26.2 Å². The molecule has 2 N–H and O–H groups in total. The highest BCUT2D eigenvalue weighted by molar-refractivity contribution is 5.80. The number of hydrogen-bond acceptors (Lipinski definition) is 5. The summed E-state index contributed by atoms with van der Waals surface area (Å²) in [6.45, 7) is 10.2. The number of unbranched alkanes of at least 4 members (excludes halogenated alkanes) is 1. The first-order valence-electron chi connectivity index (χ1n) is 10.5. The number of nitrogens with zero attached hydrogens (tertiary/aromatic N) is 4. The van der Waals surface area contributed by atoms with Crippen LogP contribution in [0.15, 0.2) is 23.3 Å². The van der Waals surface area contributed by atoms with Crippen LogP contribution in [0.25, 0.3) is 0 Å². The van der Waals surface area contributed by atoms with Gasteiger partial charge in [-0.25, -0.2) is 9.37 Å². The first-order valence-corrected chi connectivity index (χ1v) is 10.5. The maximum atomic E-state index is 14.0. The molecule has 8 heteroatoms. The van der Waals surface area contributed by atoms with Crippen LogP contribution in [-0.2, 0) is 4.74 Å². The fourth-order valence-corrected chi connectivity index (χ4v) is 3.66. The molecule has 3 rings (SSSR count). The van der Waals surface area contributed by atoms with Crippen LogP contribution in [0.5, 0.6) is 0 Å². The van der Waals surface area contributed by atoms with Crippen molar-refractivity contribution in [1.29, 1.82) is 0 Å². The minimum absolute atomic E-state index is 0.243. The second kappa shape index (κ2) is 11.2. The standard InChI is InChI=1S/C20H33FN6O/c1-2-22-20(24-8-3-4-10-26-12-14-28-15-13-26)25-17-7-11-27(16-17)19-18(21)6-5-9-23-19/h5-6,9,17H,2-4,7-8,10-16H2,1H3,(H2,22,24,25). The molecule has 0 aliphatic carbocycles. The highest BCUT2D eigenvalue weighted by atomic mass is 19.1. The van der Waals surface area contributed by atoms with Gasteiger partial charge in [0.25, 0.3) is 0 Å². The molecule has 1 aromatic rings. The zero-order valence-electron chi connectivity index (χ0n) is 16.9. The van der Waals surface area contributed by atoms with Crippen LogP contribution in [0.2, 0.25) is 0 Å². The van der Waals surface area contributed by atoms with E-state index in [1.165, 1.54) is 6.07 Å². The van der Waals surface area contributed by atoms with E-state index in [-0.39, 0.29) is 11.9 Å². The predicted molar refractivity (Wildman–Crippen MR) is 110 cm³/mol. The second-order valence-electron chi connectivity index (χ2n) is 7.31. The van der Waals surface area contributed by atoms with Crippen molar-refractivity contribution in [2.24, 2.45) is 4.99 Å². The minimum Gasteiger partial charge on any atom is -0.379 e. The summed E-state index contributed by atoms with van der Waals surface area (Å²) in [5.41, 5.74) is 0. The van der Waals surface area contributed by atoms with E-state index in [9.17, 15) is 4.39 Å². The van der Waals surface area contributed by atoms with E-state index in [2.05, 4.69) is 27.4 Å². The Bertz CT molecular complexity index is 622. The highest BCUT2D eigenvalue weighted by Crippen LogP contribution is 2.20. The molecule has 28 heavy (non-hydrogen) atoms. The maximum Gasteiger partial charge on any atom is 0.191 e. The van der Waals surface area contributed by atoms with Crippen molar-refractivity contribution in [3.63, 3.8) is 0 Å². The molecular formula is C20H33FN6O. The van der Waals surface area contributed by atoms with Crippen LogP contribution < -0.4 is 15.5 Å². The van der Waals surface area contributed by atoms with Gasteiger partial charge in [-0.15, -0.1) is 0 Å². The van der Waals surface area contributed by atoms with Gasteiger partial charge in [-0.1, -0.05) is 0 Å². The average molecular weight is 393 g/mol. The molecule has 2 aliphatic heterocycles. The molecule has 1 unspecified atom stereocenters. The van der Waals surface area contributed by atoms with E-state index in [0.717, 1.165) is 84.2 Å². The van der Waals surface area contributed by atoms with Crippen molar-refractivity contribution in [3.05, 3.63) is 24.1 Å². The topological polar surface area (TPSA) is 65.0 Å². The number of nitrogens with one attached hydrogen (secondary N) is 2. The Hall–Kier alpha value is -1.93. The van der Waals surface area contributed by atoms with Crippen LogP contribution in [0.4, 0.5) is 10.2 Å². The van der Waals surface area contributed by atoms with E-state index in [1.54, 1.807) is 12.3 Å². The molecular weight excluding hydrogens is 359 g/mol. The van der Waals surface area contributed by atoms with E-state index in [1.807, 2.05) is 4.90 Å². The SMILES string of the molecule is CCNC(=NCCCCN1CCOCC1)NC1CCN(c2ncccc2F)C1. The van der Waals surface area contributed by atoms with Gasteiger partial charge in [-0.2, -0.15) is 0 Å². The molecule has 2 saturated heterocycles. The quantitative estimate of drug-likeness (QED) is 0.397. The Morgan fingerprint density at radius 3 is 2.96 bits per heavy atom. The monoisotopic (exact) mass is 392 g/mol. The van der Waals surface area contributed by atoms with Gasteiger partial charge in [0.15, 0.2) is 17.6 Å². The summed E-state index contributed by atoms with van der Waals surface area (Å²) in [6.07, 6.45) is 4.81. The first kappa shape index (κ1) is 20.8. The molecule has 0 aromatic carbocycles. The van der Waals surface area contributed by atoms with Crippen molar-refractivity contribution in [3.8, 4) is 0 Å². The molecule has 1 atom stereocenters. The lowest BCUT2D eigenvalue weighted by molar-refractivity contribution is 0.0373. The molecule has 7 nitrogen and oxygen atoms in total. The van der Waals surface area contributed by atoms with Crippen LogP contribution in [0.3, 0.4) is 0 Å². The fraction of sp³-hybridized carbons (Fsp3) is 0.700. The third kappa shape index (κ3) is 6.31. The largest absolute Gasteiger partial charge is 0.379 e. The number of hydrogen-bond donors (Lipinski definition) is 2. The Balaban J connectivity index is 1.41. The molecule has 0 amide bonds. The smallest absolute Gasteiger partial charge is 0.191 e. The van der Waals surface area contributed by atoms with Crippen molar-refractivity contribution >= 4 is 11.8 Å². The molecule has 0 saturated carbocycles. The summed E-state index contributed by atoms with van der Waals surface area (Å²) in [4.78, 5) is 13.4. The predicted octanol–water partition coefficient (Wildman–Crippen LogP) is 1.47. The van der Waals surface area contributed by atoms with Crippen molar-refractivity contribution in [1.82, 2.24) is 20.5 Å². The van der Waals surface area contributed by atoms with Crippen LogP contribution >= 0.6 is 0 Å². The number of halogens is 1. The summed E-state index contributed by atoms with van der Waals surface area (Å²) >= 11 is 0. The summed E-state index contributed by atoms with van der Waals surface area (Å²) < 4.78 is 19.3. The van der Waals surface area contributed by atoms with Gasteiger partial charge in [-0.05, 0) is 44.9 Å².